The van der Waals surface area contributed by atoms with Crippen molar-refractivity contribution in [2.75, 3.05) is 5.32 Å². The summed E-state index contributed by atoms with van der Waals surface area (Å²) < 4.78 is 14.6. The summed E-state index contributed by atoms with van der Waals surface area (Å²) in [5.74, 6) is -0.489. The van der Waals surface area contributed by atoms with Crippen LogP contribution in [0.1, 0.15) is 61.1 Å². The summed E-state index contributed by atoms with van der Waals surface area (Å²) in [6.45, 7) is 3.77. The van der Waals surface area contributed by atoms with Gasteiger partial charge >= 0.3 is 0 Å². The van der Waals surface area contributed by atoms with Crippen LogP contribution in [0.15, 0.2) is 47.9 Å². The van der Waals surface area contributed by atoms with Gasteiger partial charge in [0, 0.05) is 23.7 Å². The van der Waals surface area contributed by atoms with Gasteiger partial charge in [0.25, 0.3) is 5.91 Å². The summed E-state index contributed by atoms with van der Waals surface area (Å²) in [5, 5.41) is 21.9. The Balaban J connectivity index is 1.88. The number of rotatable bonds is 4. The summed E-state index contributed by atoms with van der Waals surface area (Å²) >= 11 is 0. The molecule has 0 atom stereocenters. The maximum Gasteiger partial charge on any atom is 0.274 e. The molecule has 6 heteroatoms. The first-order chi connectivity index (χ1) is 13.3. The third kappa shape index (κ3) is 3.89. The predicted octanol–water partition coefficient (Wildman–Crippen LogP) is 5.01. The number of aliphatic hydroxyl groups is 1. The SMILES string of the molecule is CC(C)(C1=C(O)CCCC1)c1cc(NC(=O)c2ccc(C#N)cn2)ccc1F. The molecule has 0 fully saturated rings. The van der Waals surface area contributed by atoms with E-state index in [1.165, 1.54) is 30.5 Å². The number of hydrogen-bond donors (Lipinski definition) is 2. The number of aromatic nitrogens is 1. The van der Waals surface area contributed by atoms with Crippen LogP contribution in [0.3, 0.4) is 0 Å². The summed E-state index contributed by atoms with van der Waals surface area (Å²) in [5.41, 5.74) is 1.54. The van der Waals surface area contributed by atoms with E-state index < -0.39 is 11.3 Å². The number of hydrogen-bond acceptors (Lipinski definition) is 4. The number of anilines is 1. The quantitative estimate of drug-likeness (QED) is 0.782. The van der Waals surface area contributed by atoms with Gasteiger partial charge in [0.15, 0.2) is 0 Å². The van der Waals surface area contributed by atoms with Gasteiger partial charge in [-0.05, 0) is 60.7 Å². The molecule has 0 unspecified atom stereocenters. The third-order valence-electron chi connectivity index (χ3n) is 5.22. The second-order valence-corrected chi connectivity index (χ2v) is 7.45. The fourth-order valence-electron chi connectivity index (χ4n) is 3.60. The van der Waals surface area contributed by atoms with Crippen LogP contribution >= 0.6 is 0 Å². The lowest BCUT2D eigenvalue weighted by molar-refractivity contribution is 0.102. The molecule has 5 nitrogen and oxygen atoms in total. The third-order valence-corrected chi connectivity index (χ3v) is 5.22. The first-order valence-electron chi connectivity index (χ1n) is 9.22. The Labute approximate surface area is 163 Å². The van der Waals surface area contributed by atoms with Crippen LogP contribution in [0.25, 0.3) is 0 Å². The highest BCUT2D eigenvalue weighted by Crippen LogP contribution is 2.41. The highest BCUT2D eigenvalue weighted by molar-refractivity contribution is 6.02. The van der Waals surface area contributed by atoms with Crippen LogP contribution in [0.2, 0.25) is 0 Å². The van der Waals surface area contributed by atoms with E-state index in [1.54, 1.807) is 6.07 Å². The maximum atomic E-state index is 14.6. The van der Waals surface area contributed by atoms with Gasteiger partial charge in [-0.2, -0.15) is 5.26 Å². The minimum absolute atomic E-state index is 0.164. The summed E-state index contributed by atoms with van der Waals surface area (Å²) in [6.07, 6.45) is 4.56. The molecule has 1 heterocycles. The number of halogens is 1. The predicted molar refractivity (Wildman–Crippen MR) is 104 cm³/mol. The first kappa shape index (κ1) is 19.6. The van der Waals surface area contributed by atoms with Crippen molar-refractivity contribution >= 4 is 11.6 Å². The molecule has 0 aliphatic heterocycles. The average Bonchev–Trinajstić information content (AvgIpc) is 2.69. The summed E-state index contributed by atoms with van der Waals surface area (Å²) in [7, 11) is 0. The number of nitriles is 1. The van der Waals surface area contributed by atoms with E-state index in [4.69, 9.17) is 5.26 Å². The molecule has 1 aliphatic rings. The van der Waals surface area contributed by atoms with Gasteiger partial charge in [-0.15, -0.1) is 0 Å². The molecule has 0 spiro atoms. The zero-order valence-corrected chi connectivity index (χ0v) is 15.9. The molecule has 28 heavy (non-hydrogen) atoms. The van der Waals surface area contributed by atoms with Gasteiger partial charge in [-0.25, -0.2) is 9.37 Å². The zero-order chi connectivity index (χ0) is 20.3. The van der Waals surface area contributed by atoms with Crippen molar-refractivity contribution in [3.8, 4) is 6.07 Å². The number of amides is 1. The molecule has 1 aliphatic carbocycles. The van der Waals surface area contributed by atoms with Gasteiger partial charge in [-0.1, -0.05) is 13.8 Å². The number of nitrogens with one attached hydrogen (secondary N) is 1. The number of carbonyl (C=O) groups excluding carboxylic acids is 1. The van der Waals surface area contributed by atoms with Crippen LogP contribution in [-0.2, 0) is 5.41 Å². The second kappa shape index (κ2) is 7.81. The van der Waals surface area contributed by atoms with Crippen molar-refractivity contribution in [2.45, 2.75) is 44.9 Å². The van der Waals surface area contributed by atoms with Gasteiger partial charge in [0.05, 0.1) is 11.3 Å². The van der Waals surface area contributed by atoms with E-state index in [2.05, 4.69) is 10.3 Å². The molecule has 1 aromatic heterocycles. The minimum Gasteiger partial charge on any atom is -0.512 e. The van der Waals surface area contributed by atoms with E-state index in [9.17, 15) is 14.3 Å². The lowest BCUT2D eigenvalue weighted by Gasteiger charge is -2.32. The molecule has 2 aromatic rings. The highest BCUT2D eigenvalue weighted by Gasteiger charge is 2.32. The molecule has 144 valence electrons. The Hall–Kier alpha value is -3.20. The topological polar surface area (TPSA) is 86.0 Å². The Kier molecular flexibility index (Phi) is 5.46. The minimum atomic E-state index is -0.692. The molecular formula is C22H22FN3O2. The average molecular weight is 379 g/mol. The van der Waals surface area contributed by atoms with Crippen LogP contribution in [0, 0.1) is 17.1 Å². The normalized spacial score (nSPS) is 14.5. The molecule has 1 amide bonds. The molecule has 0 radical (unpaired) electrons. The second-order valence-electron chi connectivity index (χ2n) is 7.45. The fourth-order valence-corrected chi connectivity index (χ4v) is 3.60. The summed E-state index contributed by atoms with van der Waals surface area (Å²) in [6, 6.07) is 9.34. The smallest absolute Gasteiger partial charge is 0.274 e. The zero-order valence-electron chi connectivity index (χ0n) is 15.9. The lowest BCUT2D eigenvalue weighted by Crippen LogP contribution is -2.25. The van der Waals surface area contributed by atoms with E-state index in [0.717, 1.165) is 24.8 Å². The van der Waals surface area contributed by atoms with Crippen molar-refractivity contribution in [3.05, 3.63) is 70.5 Å². The number of pyridine rings is 1. The number of carbonyl (C=O) groups is 1. The first-order valence-corrected chi connectivity index (χ1v) is 9.22. The van der Waals surface area contributed by atoms with Crippen molar-refractivity contribution in [2.24, 2.45) is 0 Å². The highest BCUT2D eigenvalue weighted by atomic mass is 19.1. The Morgan fingerprint density at radius 1 is 1.25 bits per heavy atom. The molecule has 0 saturated carbocycles. The summed E-state index contributed by atoms with van der Waals surface area (Å²) in [4.78, 5) is 16.4. The largest absolute Gasteiger partial charge is 0.512 e. The van der Waals surface area contributed by atoms with Crippen molar-refractivity contribution in [1.29, 1.82) is 5.26 Å². The van der Waals surface area contributed by atoms with Gasteiger partial charge in [-0.3, -0.25) is 4.79 Å². The van der Waals surface area contributed by atoms with Crippen LogP contribution in [0.5, 0.6) is 0 Å². The van der Waals surface area contributed by atoms with Crippen LogP contribution in [0.4, 0.5) is 10.1 Å². The number of aliphatic hydroxyl groups excluding tert-OH is 1. The van der Waals surface area contributed by atoms with Crippen LogP contribution in [-0.4, -0.2) is 16.0 Å². The molecule has 0 bridgehead atoms. The van der Waals surface area contributed by atoms with E-state index in [-0.39, 0.29) is 11.5 Å². The van der Waals surface area contributed by atoms with E-state index >= 15 is 0 Å². The van der Waals surface area contributed by atoms with E-state index in [1.807, 2.05) is 19.9 Å². The Bertz CT molecular complexity index is 972. The number of benzene rings is 1. The standard InChI is InChI=1S/C22H22FN3O2/c1-22(2,16-5-3-4-6-20(16)27)17-11-15(8-9-18(17)23)26-21(28)19-10-7-14(12-24)13-25-19/h7-11,13,27H,3-6H2,1-2H3,(H,26,28). The molecule has 2 N–H and O–H groups in total. The van der Waals surface area contributed by atoms with Gasteiger partial charge in [0.1, 0.15) is 17.6 Å². The molecule has 0 saturated heterocycles. The Morgan fingerprint density at radius 2 is 2.00 bits per heavy atom. The van der Waals surface area contributed by atoms with Gasteiger partial charge < -0.3 is 10.4 Å². The molecular weight excluding hydrogens is 357 g/mol. The maximum absolute atomic E-state index is 14.6. The molecule has 1 aromatic carbocycles. The lowest BCUT2D eigenvalue weighted by atomic mass is 9.73. The molecule has 3 rings (SSSR count). The van der Waals surface area contributed by atoms with Crippen molar-refractivity contribution in [1.82, 2.24) is 4.98 Å². The number of allylic oxidation sites excluding steroid dienone is 2. The van der Waals surface area contributed by atoms with E-state index in [0.29, 0.717) is 29.0 Å². The van der Waals surface area contributed by atoms with Crippen molar-refractivity contribution < 1.29 is 14.3 Å². The number of nitrogens with zero attached hydrogens (tertiary/aromatic N) is 2. The van der Waals surface area contributed by atoms with Crippen molar-refractivity contribution in [3.63, 3.8) is 0 Å². The van der Waals surface area contributed by atoms with Gasteiger partial charge in [0.2, 0.25) is 0 Å². The Morgan fingerprint density at radius 3 is 2.64 bits per heavy atom. The fraction of sp³-hybridized carbons (Fsp3) is 0.318. The monoisotopic (exact) mass is 379 g/mol. The van der Waals surface area contributed by atoms with Crippen LogP contribution < -0.4 is 5.32 Å².